The zero-order valence-corrected chi connectivity index (χ0v) is 22.6. The Kier molecular flexibility index (Phi) is 11.2. The van der Waals surface area contributed by atoms with Gasteiger partial charge in [0.2, 0.25) is 0 Å². The number of fused-ring (bicyclic) bond motifs is 2. The number of hydrogen-bond donors (Lipinski definition) is 3. The number of rotatable bonds is 4. The van der Waals surface area contributed by atoms with Crippen molar-refractivity contribution in [2.75, 3.05) is 13.2 Å². The Hall–Kier alpha value is -1.46. The van der Waals surface area contributed by atoms with Crippen molar-refractivity contribution >= 4 is 11.8 Å². The molecule has 0 aliphatic heterocycles. The largest absolute Gasteiger partial charge is 0.481 e. The molecule has 0 aromatic heterocycles. The molecule has 3 N–H and O–H groups in total. The zero-order valence-electron chi connectivity index (χ0n) is 22.6. The minimum Gasteiger partial charge on any atom is -0.481 e. The van der Waals surface area contributed by atoms with E-state index in [9.17, 15) is 9.59 Å². The third-order valence-electron chi connectivity index (χ3n) is 9.57. The molecule has 0 aromatic rings. The highest BCUT2D eigenvalue weighted by Gasteiger charge is 2.60. The van der Waals surface area contributed by atoms with Crippen LogP contribution in [0.15, 0.2) is 23.3 Å². The van der Waals surface area contributed by atoms with Crippen LogP contribution < -0.4 is 0 Å². The fraction of sp³-hybridized carbons (Fsp3) is 0.806. The van der Waals surface area contributed by atoms with Crippen LogP contribution in [0.25, 0.3) is 0 Å². The molecule has 6 rings (SSSR count). The first-order chi connectivity index (χ1) is 17.4. The van der Waals surface area contributed by atoms with E-state index in [2.05, 4.69) is 12.2 Å². The number of aliphatic hydroxyl groups excluding tert-OH is 2. The quantitative estimate of drug-likeness (QED) is 0.369. The number of carboxylic acid groups (broad SMARTS) is 1. The molecular weight excluding hydrogens is 452 g/mol. The number of ketones is 1. The lowest BCUT2D eigenvalue weighted by atomic mass is 9.89. The molecule has 4 unspecified atom stereocenters. The van der Waals surface area contributed by atoms with Gasteiger partial charge in [0.25, 0.3) is 0 Å². The average molecular weight is 503 g/mol. The summed E-state index contributed by atoms with van der Waals surface area (Å²) in [6.07, 6.45) is 25.9. The van der Waals surface area contributed by atoms with Gasteiger partial charge in [-0.15, -0.1) is 0 Å². The maximum absolute atomic E-state index is 10.7. The molecule has 0 radical (unpaired) electrons. The SMILES string of the molecule is CC(=O)C1=CCCCC1.O=C(O)C12CCCCC1C2.OCC12CCCCC1C2.OCC1=CCCCC1. The van der Waals surface area contributed by atoms with Crippen molar-refractivity contribution in [2.24, 2.45) is 22.7 Å². The number of carboxylic acids is 1. The van der Waals surface area contributed by atoms with Gasteiger partial charge in [0.05, 0.1) is 12.0 Å². The monoisotopic (exact) mass is 502 g/mol. The molecule has 0 aromatic carbocycles. The van der Waals surface area contributed by atoms with E-state index < -0.39 is 5.97 Å². The Morgan fingerprint density at radius 2 is 1.50 bits per heavy atom. The van der Waals surface area contributed by atoms with Crippen LogP contribution in [0.1, 0.15) is 122 Å². The summed E-state index contributed by atoms with van der Waals surface area (Å²) in [5.41, 5.74) is 2.48. The van der Waals surface area contributed by atoms with Crippen LogP contribution in [-0.4, -0.2) is 40.3 Å². The lowest BCUT2D eigenvalue weighted by molar-refractivity contribution is -0.144. The van der Waals surface area contributed by atoms with Crippen LogP contribution in [0.2, 0.25) is 0 Å². The smallest absolute Gasteiger partial charge is 0.309 e. The maximum atomic E-state index is 10.7. The number of aliphatic carboxylic acids is 1. The predicted molar refractivity (Wildman–Crippen MR) is 144 cm³/mol. The summed E-state index contributed by atoms with van der Waals surface area (Å²) in [6.45, 7) is 2.38. The summed E-state index contributed by atoms with van der Waals surface area (Å²) in [5.74, 6) is 1.17. The molecular formula is C31H50O5. The number of carbonyl (C=O) groups excluding carboxylic acids is 1. The summed E-state index contributed by atoms with van der Waals surface area (Å²) in [7, 11) is 0. The van der Waals surface area contributed by atoms with E-state index in [1.807, 2.05) is 0 Å². The summed E-state index contributed by atoms with van der Waals surface area (Å²) >= 11 is 0. The van der Waals surface area contributed by atoms with Crippen LogP contribution in [-0.2, 0) is 9.59 Å². The number of allylic oxidation sites excluding steroid dienone is 3. The molecule has 6 aliphatic carbocycles. The first-order valence-electron chi connectivity index (χ1n) is 14.7. The Bertz CT molecular complexity index is 799. The molecule has 0 amide bonds. The van der Waals surface area contributed by atoms with E-state index in [4.69, 9.17) is 15.3 Å². The van der Waals surface area contributed by atoms with Crippen LogP contribution >= 0.6 is 0 Å². The van der Waals surface area contributed by atoms with Gasteiger partial charge in [0.15, 0.2) is 5.78 Å². The summed E-state index contributed by atoms with van der Waals surface area (Å²) in [4.78, 5) is 21.4. The molecule has 4 saturated carbocycles. The number of carbonyl (C=O) groups is 2. The first kappa shape index (κ1) is 29.1. The average Bonchev–Trinajstić information content (AvgIpc) is 3.84. The molecule has 4 fully saturated rings. The second-order valence-electron chi connectivity index (χ2n) is 12.1. The molecule has 0 saturated heterocycles. The summed E-state index contributed by atoms with van der Waals surface area (Å²) in [5, 5.41) is 26.5. The van der Waals surface area contributed by atoms with E-state index >= 15 is 0 Å². The normalized spacial score (nSPS) is 33.6. The van der Waals surface area contributed by atoms with Crippen molar-refractivity contribution in [3.05, 3.63) is 23.3 Å². The highest BCUT2D eigenvalue weighted by molar-refractivity contribution is 5.93. The molecule has 5 nitrogen and oxygen atoms in total. The van der Waals surface area contributed by atoms with Gasteiger partial charge < -0.3 is 15.3 Å². The van der Waals surface area contributed by atoms with Crippen LogP contribution in [0.4, 0.5) is 0 Å². The molecule has 204 valence electrons. The Morgan fingerprint density at radius 1 is 0.833 bits per heavy atom. The predicted octanol–water partition coefficient (Wildman–Crippen LogP) is 6.77. The van der Waals surface area contributed by atoms with Crippen molar-refractivity contribution in [3.63, 3.8) is 0 Å². The maximum Gasteiger partial charge on any atom is 0.309 e. The topological polar surface area (TPSA) is 94.8 Å². The number of aliphatic hydroxyl groups is 2. The third-order valence-corrected chi connectivity index (χ3v) is 9.57. The number of Topliss-reactive ketones (excluding diaryl/α,β-unsaturated/α-hetero) is 1. The Balaban J connectivity index is 0.000000134. The summed E-state index contributed by atoms with van der Waals surface area (Å²) in [6, 6.07) is 0. The van der Waals surface area contributed by atoms with Gasteiger partial charge in [-0.25, -0.2) is 0 Å². The third kappa shape index (κ3) is 8.02. The van der Waals surface area contributed by atoms with Gasteiger partial charge in [-0.2, -0.15) is 0 Å². The van der Waals surface area contributed by atoms with E-state index in [0.717, 1.165) is 56.4 Å². The Labute approximate surface area is 218 Å². The van der Waals surface area contributed by atoms with Gasteiger partial charge in [-0.1, -0.05) is 37.8 Å². The van der Waals surface area contributed by atoms with Crippen molar-refractivity contribution < 1.29 is 24.9 Å². The van der Waals surface area contributed by atoms with Crippen LogP contribution in [0.3, 0.4) is 0 Å². The highest BCUT2D eigenvalue weighted by atomic mass is 16.4. The molecule has 0 bridgehead atoms. The molecule has 5 heteroatoms. The van der Waals surface area contributed by atoms with Crippen molar-refractivity contribution in [2.45, 2.75) is 122 Å². The number of hydrogen-bond acceptors (Lipinski definition) is 4. The summed E-state index contributed by atoms with van der Waals surface area (Å²) < 4.78 is 0. The van der Waals surface area contributed by atoms with Crippen molar-refractivity contribution in [1.29, 1.82) is 0 Å². The minimum atomic E-state index is -0.544. The lowest BCUT2D eigenvalue weighted by Crippen LogP contribution is -2.20. The standard InChI is InChI=1S/C8H12O2.C8H14O.C8H12O.C7H12O/c9-7(10)8-4-2-1-3-6(8)5-8;9-6-8-4-2-1-3-7(8)5-8;1-7(9)8-5-3-2-4-6-8;8-6-7-4-2-1-3-5-7/h6H,1-5H2,(H,9,10);7,9H,1-6H2;5H,2-4,6H2,1H3;4,8H,1-3,5-6H2. The fourth-order valence-electron chi connectivity index (χ4n) is 6.76. The minimum absolute atomic E-state index is 0.238. The lowest BCUT2D eigenvalue weighted by Gasteiger charge is -2.18. The van der Waals surface area contributed by atoms with Crippen LogP contribution in [0, 0.1) is 22.7 Å². The fourth-order valence-corrected chi connectivity index (χ4v) is 6.76. The Morgan fingerprint density at radius 3 is 1.89 bits per heavy atom. The van der Waals surface area contributed by atoms with Gasteiger partial charge in [0, 0.05) is 6.61 Å². The molecule has 0 heterocycles. The van der Waals surface area contributed by atoms with Crippen molar-refractivity contribution in [1.82, 2.24) is 0 Å². The zero-order chi connectivity index (χ0) is 26.0. The van der Waals surface area contributed by atoms with Gasteiger partial charge in [0.1, 0.15) is 0 Å². The van der Waals surface area contributed by atoms with Gasteiger partial charge in [-0.05, 0) is 125 Å². The van der Waals surface area contributed by atoms with E-state index in [1.165, 1.54) is 76.2 Å². The first-order valence-corrected chi connectivity index (χ1v) is 14.7. The van der Waals surface area contributed by atoms with E-state index in [0.29, 0.717) is 17.9 Å². The van der Waals surface area contributed by atoms with E-state index in [-0.39, 0.29) is 17.8 Å². The molecule has 36 heavy (non-hydrogen) atoms. The van der Waals surface area contributed by atoms with Gasteiger partial charge >= 0.3 is 5.97 Å². The van der Waals surface area contributed by atoms with Crippen molar-refractivity contribution in [3.8, 4) is 0 Å². The second kappa shape index (κ2) is 13.9. The second-order valence-corrected chi connectivity index (χ2v) is 12.1. The molecule has 4 atom stereocenters. The van der Waals surface area contributed by atoms with E-state index in [1.54, 1.807) is 6.92 Å². The van der Waals surface area contributed by atoms with Gasteiger partial charge in [-0.3, -0.25) is 9.59 Å². The molecule has 6 aliphatic rings. The van der Waals surface area contributed by atoms with Crippen LogP contribution in [0.5, 0.6) is 0 Å². The highest BCUT2D eigenvalue weighted by Crippen LogP contribution is 2.61. The molecule has 0 spiro atoms.